The van der Waals surface area contributed by atoms with Crippen LogP contribution in [0.15, 0.2) is 0 Å². The van der Waals surface area contributed by atoms with E-state index in [1.807, 2.05) is 0 Å². The van der Waals surface area contributed by atoms with Crippen LogP contribution in [-0.4, -0.2) is 21.3 Å². The van der Waals surface area contributed by atoms with Crippen molar-refractivity contribution in [2.45, 2.75) is 33.1 Å². The van der Waals surface area contributed by atoms with Gasteiger partial charge in [0.15, 0.2) is 0 Å². The van der Waals surface area contributed by atoms with E-state index < -0.39 is 0 Å². The average molecular weight is 212 g/mol. The van der Waals surface area contributed by atoms with Gasteiger partial charge in [-0.3, -0.25) is 0 Å². The average Bonchev–Trinajstić information content (AvgIpc) is 2.48. The number of nitrogens with one attached hydrogen (secondary N) is 1. The molecule has 0 unspecified atom stereocenters. The molecule has 0 atom stereocenters. The minimum Gasteiger partial charge on any atom is -0.358 e. The Kier molecular flexibility index (Phi) is 2.67. The van der Waals surface area contributed by atoms with E-state index in [9.17, 15) is 0 Å². The summed E-state index contributed by atoms with van der Waals surface area (Å²) in [5.41, 5.74) is 0.365. The second-order valence-corrected chi connectivity index (χ2v) is 5.37. The minimum absolute atomic E-state index is 0.365. The predicted molar refractivity (Wildman–Crippen MR) is 57.3 cm³/mol. The maximum absolute atomic E-state index is 3.87. The van der Waals surface area contributed by atoms with Crippen molar-refractivity contribution in [2.75, 3.05) is 11.9 Å². The molecule has 78 valence electrons. The SMILES string of the molecule is CC(C)(CNc1nnns1)C1CCC1. The van der Waals surface area contributed by atoms with Crippen LogP contribution < -0.4 is 5.32 Å². The first-order chi connectivity index (χ1) is 6.68. The van der Waals surface area contributed by atoms with Crippen LogP contribution >= 0.6 is 11.5 Å². The van der Waals surface area contributed by atoms with E-state index in [0.717, 1.165) is 17.6 Å². The van der Waals surface area contributed by atoms with E-state index in [2.05, 4.69) is 34.0 Å². The molecular weight excluding hydrogens is 196 g/mol. The molecule has 1 saturated carbocycles. The molecule has 0 bridgehead atoms. The lowest BCUT2D eigenvalue weighted by Gasteiger charge is -2.40. The van der Waals surface area contributed by atoms with Crippen LogP contribution in [0.3, 0.4) is 0 Å². The van der Waals surface area contributed by atoms with E-state index in [-0.39, 0.29) is 0 Å². The van der Waals surface area contributed by atoms with Gasteiger partial charge in [-0.1, -0.05) is 29.9 Å². The van der Waals surface area contributed by atoms with Crippen LogP contribution in [0, 0.1) is 11.3 Å². The standard InChI is InChI=1S/C9H16N4S/c1-9(2,7-4-3-5-7)6-10-8-11-12-13-14-8/h7H,3-6H2,1-2H3,(H,10,11,13). The molecule has 2 rings (SSSR count). The highest BCUT2D eigenvalue weighted by Crippen LogP contribution is 2.41. The van der Waals surface area contributed by atoms with Gasteiger partial charge in [-0.2, -0.15) is 0 Å². The summed E-state index contributed by atoms with van der Waals surface area (Å²) < 4.78 is 3.72. The topological polar surface area (TPSA) is 50.7 Å². The molecule has 5 heteroatoms. The number of anilines is 1. The lowest BCUT2D eigenvalue weighted by molar-refractivity contribution is 0.134. The molecule has 1 aromatic heterocycles. The van der Waals surface area contributed by atoms with Crippen LogP contribution in [0.25, 0.3) is 0 Å². The van der Waals surface area contributed by atoms with Crippen molar-refractivity contribution in [1.29, 1.82) is 0 Å². The van der Waals surface area contributed by atoms with Gasteiger partial charge in [0, 0.05) is 18.1 Å². The van der Waals surface area contributed by atoms with Gasteiger partial charge in [0.25, 0.3) is 0 Å². The maximum Gasteiger partial charge on any atom is 0.225 e. The van der Waals surface area contributed by atoms with E-state index in [4.69, 9.17) is 0 Å². The van der Waals surface area contributed by atoms with E-state index >= 15 is 0 Å². The Bertz CT molecular complexity index is 279. The Labute approximate surface area is 88.3 Å². The molecule has 4 nitrogen and oxygen atoms in total. The van der Waals surface area contributed by atoms with Crippen molar-refractivity contribution >= 4 is 16.7 Å². The normalized spacial score (nSPS) is 17.9. The van der Waals surface area contributed by atoms with Crippen LogP contribution in [0.5, 0.6) is 0 Å². The summed E-state index contributed by atoms with van der Waals surface area (Å²) in [6.07, 6.45) is 4.15. The van der Waals surface area contributed by atoms with Crippen LogP contribution in [0.1, 0.15) is 33.1 Å². The second-order valence-electron chi connectivity index (χ2n) is 4.64. The molecular formula is C9H16N4S. The monoisotopic (exact) mass is 212 g/mol. The van der Waals surface area contributed by atoms with Crippen molar-refractivity contribution in [3.05, 3.63) is 0 Å². The second kappa shape index (κ2) is 3.81. The van der Waals surface area contributed by atoms with Gasteiger partial charge in [-0.05, 0) is 29.4 Å². The summed E-state index contributed by atoms with van der Waals surface area (Å²) in [5.74, 6) is 0.871. The van der Waals surface area contributed by atoms with Gasteiger partial charge in [0.1, 0.15) is 0 Å². The molecule has 0 radical (unpaired) electrons. The summed E-state index contributed by atoms with van der Waals surface area (Å²) in [4.78, 5) is 0. The van der Waals surface area contributed by atoms with Gasteiger partial charge in [0.05, 0.1) is 0 Å². The Morgan fingerprint density at radius 2 is 2.29 bits per heavy atom. The fourth-order valence-corrected chi connectivity index (χ4v) is 2.20. The highest BCUT2D eigenvalue weighted by molar-refractivity contribution is 7.09. The smallest absolute Gasteiger partial charge is 0.225 e. The van der Waals surface area contributed by atoms with Gasteiger partial charge in [0.2, 0.25) is 5.13 Å². The number of nitrogens with zero attached hydrogens (tertiary/aromatic N) is 3. The Morgan fingerprint density at radius 3 is 2.79 bits per heavy atom. The molecule has 0 saturated heterocycles. The van der Waals surface area contributed by atoms with Crippen LogP contribution in [0.2, 0.25) is 0 Å². The molecule has 1 heterocycles. The number of hydrogen-bond donors (Lipinski definition) is 1. The number of hydrogen-bond acceptors (Lipinski definition) is 5. The van der Waals surface area contributed by atoms with Crippen molar-refractivity contribution in [1.82, 2.24) is 14.8 Å². The Hall–Kier alpha value is -0.710. The fourth-order valence-electron chi connectivity index (χ4n) is 1.84. The maximum atomic E-state index is 3.87. The minimum atomic E-state index is 0.365. The summed E-state index contributed by atoms with van der Waals surface area (Å²) >= 11 is 1.32. The van der Waals surface area contributed by atoms with Gasteiger partial charge in [-0.25, -0.2) is 0 Å². The molecule has 1 N–H and O–H groups in total. The predicted octanol–water partition coefficient (Wildman–Crippen LogP) is 2.17. The summed E-state index contributed by atoms with van der Waals surface area (Å²) in [5, 5.41) is 11.6. The van der Waals surface area contributed by atoms with Crippen molar-refractivity contribution in [2.24, 2.45) is 11.3 Å². The van der Waals surface area contributed by atoms with E-state index in [0.29, 0.717) is 5.41 Å². The van der Waals surface area contributed by atoms with Crippen LogP contribution in [0.4, 0.5) is 5.13 Å². The zero-order chi connectivity index (χ0) is 10.0. The molecule has 0 aromatic carbocycles. The molecule has 14 heavy (non-hydrogen) atoms. The molecule has 0 spiro atoms. The van der Waals surface area contributed by atoms with Crippen LogP contribution in [-0.2, 0) is 0 Å². The molecule has 1 aliphatic rings. The molecule has 0 aliphatic heterocycles. The number of aromatic nitrogens is 3. The van der Waals surface area contributed by atoms with Crippen molar-refractivity contribution < 1.29 is 0 Å². The Morgan fingerprint density at radius 1 is 1.50 bits per heavy atom. The number of rotatable bonds is 4. The van der Waals surface area contributed by atoms with E-state index in [1.165, 1.54) is 30.8 Å². The third kappa shape index (κ3) is 2.03. The molecule has 0 amide bonds. The lowest BCUT2D eigenvalue weighted by atomic mass is 9.67. The molecule has 1 aromatic rings. The third-order valence-corrected chi connectivity index (χ3v) is 3.76. The van der Waals surface area contributed by atoms with Gasteiger partial charge < -0.3 is 5.32 Å². The third-order valence-electron chi connectivity index (χ3n) is 3.20. The summed E-state index contributed by atoms with van der Waals surface area (Å²) in [6, 6.07) is 0. The molecule has 1 aliphatic carbocycles. The van der Waals surface area contributed by atoms with Crippen molar-refractivity contribution in [3.63, 3.8) is 0 Å². The van der Waals surface area contributed by atoms with Gasteiger partial charge in [-0.15, -0.1) is 0 Å². The Balaban J connectivity index is 1.84. The van der Waals surface area contributed by atoms with E-state index in [1.54, 1.807) is 0 Å². The zero-order valence-electron chi connectivity index (χ0n) is 8.66. The summed E-state index contributed by atoms with van der Waals surface area (Å²) in [6.45, 7) is 5.60. The first-order valence-corrected chi connectivity index (χ1v) is 5.85. The van der Waals surface area contributed by atoms with Crippen molar-refractivity contribution in [3.8, 4) is 0 Å². The first-order valence-electron chi connectivity index (χ1n) is 5.07. The molecule has 1 fully saturated rings. The van der Waals surface area contributed by atoms with Gasteiger partial charge >= 0.3 is 0 Å². The zero-order valence-corrected chi connectivity index (χ0v) is 9.47. The fraction of sp³-hybridized carbons (Fsp3) is 0.889. The first kappa shape index (κ1) is 9.83. The highest BCUT2D eigenvalue weighted by Gasteiger charge is 2.33. The quantitative estimate of drug-likeness (QED) is 0.831. The summed E-state index contributed by atoms with van der Waals surface area (Å²) in [7, 11) is 0. The largest absolute Gasteiger partial charge is 0.358 e. The lowest BCUT2D eigenvalue weighted by Crippen LogP contribution is -2.35. The highest BCUT2D eigenvalue weighted by atomic mass is 32.1.